The molecule has 2 rings (SSSR count). The summed E-state index contributed by atoms with van der Waals surface area (Å²) < 4.78 is 0. The lowest BCUT2D eigenvalue weighted by Crippen LogP contribution is -2.29. The van der Waals surface area contributed by atoms with Crippen molar-refractivity contribution in [3.63, 3.8) is 0 Å². The van der Waals surface area contributed by atoms with Crippen molar-refractivity contribution in [2.45, 2.75) is 25.2 Å². The Balaban J connectivity index is 1.87. The molecule has 0 aliphatic carbocycles. The largest absolute Gasteiger partial charge is 0.369 e. The van der Waals surface area contributed by atoms with E-state index in [1.165, 1.54) is 12.8 Å². The molecule has 1 aromatic heterocycles. The maximum Gasteiger partial charge on any atom is 0.148 e. The lowest BCUT2D eigenvalue weighted by Gasteiger charge is -2.28. The van der Waals surface area contributed by atoms with Crippen LogP contribution in [0.15, 0.2) is 12.1 Å². The van der Waals surface area contributed by atoms with Crippen molar-refractivity contribution >= 4 is 5.82 Å². The molecule has 0 amide bonds. The van der Waals surface area contributed by atoms with Gasteiger partial charge in [-0.15, -0.1) is 5.10 Å². The topological polar surface area (TPSA) is 67.1 Å². The quantitative estimate of drug-likeness (QED) is 0.763. The average molecular weight is 249 g/mol. The number of nitrogens with zero attached hydrogens (tertiary/aromatic N) is 3. The standard InChI is InChI=1S/C13H23N5/c1-18-9-5-11(6-10-18)12-3-4-13(17-16-12)15-8-2-7-14/h3-4,11H,2,5-10,14H2,1H3,(H,15,17). The summed E-state index contributed by atoms with van der Waals surface area (Å²) in [5, 5.41) is 11.8. The molecule has 0 spiro atoms. The van der Waals surface area contributed by atoms with Gasteiger partial charge in [-0.1, -0.05) is 0 Å². The molecular weight excluding hydrogens is 226 g/mol. The number of rotatable bonds is 5. The number of nitrogens with two attached hydrogens (primary N) is 1. The van der Waals surface area contributed by atoms with E-state index >= 15 is 0 Å². The number of aromatic nitrogens is 2. The van der Waals surface area contributed by atoms with Crippen molar-refractivity contribution in [1.82, 2.24) is 15.1 Å². The van der Waals surface area contributed by atoms with Crippen LogP contribution in [0, 0.1) is 0 Å². The minimum absolute atomic E-state index is 0.576. The zero-order chi connectivity index (χ0) is 12.8. The third-order valence-electron chi connectivity index (χ3n) is 3.51. The summed E-state index contributed by atoms with van der Waals surface area (Å²) in [4.78, 5) is 2.37. The maximum atomic E-state index is 5.45. The third kappa shape index (κ3) is 3.65. The van der Waals surface area contributed by atoms with Gasteiger partial charge in [0.2, 0.25) is 0 Å². The average Bonchev–Trinajstić information content (AvgIpc) is 2.41. The van der Waals surface area contributed by atoms with Crippen LogP contribution in [0.25, 0.3) is 0 Å². The normalized spacial score (nSPS) is 17.9. The summed E-state index contributed by atoms with van der Waals surface area (Å²) in [6, 6.07) is 4.13. The molecule has 1 saturated heterocycles. The van der Waals surface area contributed by atoms with Crippen LogP contribution in [0.5, 0.6) is 0 Å². The van der Waals surface area contributed by atoms with Gasteiger partial charge in [0.05, 0.1) is 5.69 Å². The molecule has 1 aromatic rings. The van der Waals surface area contributed by atoms with Gasteiger partial charge in [0.25, 0.3) is 0 Å². The lowest BCUT2D eigenvalue weighted by atomic mass is 9.94. The van der Waals surface area contributed by atoms with E-state index in [4.69, 9.17) is 5.73 Å². The Morgan fingerprint density at radius 1 is 1.33 bits per heavy atom. The molecule has 18 heavy (non-hydrogen) atoms. The van der Waals surface area contributed by atoms with Crippen LogP contribution < -0.4 is 11.1 Å². The number of anilines is 1. The van der Waals surface area contributed by atoms with Crippen molar-refractivity contribution in [3.05, 3.63) is 17.8 Å². The van der Waals surface area contributed by atoms with E-state index in [0.29, 0.717) is 12.5 Å². The first-order valence-corrected chi connectivity index (χ1v) is 6.75. The second-order valence-corrected chi connectivity index (χ2v) is 4.99. The number of hydrogen-bond acceptors (Lipinski definition) is 5. The van der Waals surface area contributed by atoms with Crippen LogP contribution in [-0.4, -0.2) is 48.3 Å². The molecule has 3 N–H and O–H groups in total. The fraction of sp³-hybridized carbons (Fsp3) is 0.692. The van der Waals surface area contributed by atoms with Gasteiger partial charge in [0, 0.05) is 12.5 Å². The summed E-state index contributed by atoms with van der Waals surface area (Å²) in [6.07, 6.45) is 3.33. The van der Waals surface area contributed by atoms with E-state index in [1.54, 1.807) is 0 Å². The van der Waals surface area contributed by atoms with Crippen molar-refractivity contribution in [3.8, 4) is 0 Å². The van der Waals surface area contributed by atoms with Gasteiger partial charge in [-0.3, -0.25) is 0 Å². The molecule has 1 fully saturated rings. The number of hydrogen-bond donors (Lipinski definition) is 2. The Morgan fingerprint density at radius 3 is 2.72 bits per heavy atom. The lowest BCUT2D eigenvalue weighted by molar-refractivity contribution is 0.253. The fourth-order valence-electron chi connectivity index (χ4n) is 2.28. The summed E-state index contributed by atoms with van der Waals surface area (Å²) >= 11 is 0. The number of likely N-dealkylation sites (tertiary alicyclic amines) is 1. The summed E-state index contributed by atoms with van der Waals surface area (Å²) in [7, 11) is 2.17. The molecular formula is C13H23N5. The highest BCUT2D eigenvalue weighted by atomic mass is 15.2. The van der Waals surface area contributed by atoms with Crippen LogP contribution in [0.4, 0.5) is 5.82 Å². The highest BCUT2D eigenvalue weighted by molar-refractivity contribution is 5.33. The first kappa shape index (κ1) is 13.2. The van der Waals surface area contributed by atoms with E-state index in [0.717, 1.165) is 37.6 Å². The Bertz CT molecular complexity index is 343. The molecule has 1 aliphatic heterocycles. The first-order valence-electron chi connectivity index (χ1n) is 6.75. The molecule has 0 unspecified atom stereocenters. The van der Waals surface area contributed by atoms with E-state index < -0.39 is 0 Å². The van der Waals surface area contributed by atoms with Crippen LogP contribution in [0.3, 0.4) is 0 Å². The minimum atomic E-state index is 0.576. The fourth-order valence-corrected chi connectivity index (χ4v) is 2.28. The van der Waals surface area contributed by atoms with Gasteiger partial charge in [-0.05, 0) is 58.1 Å². The molecule has 1 aliphatic rings. The Labute approximate surface area is 109 Å². The summed E-state index contributed by atoms with van der Waals surface area (Å²) in [5.74, 6) is 1.42. The van der Waals surface area contributed by atoms with Crippen molar-refractivity contribution in [1.29, 1.82) is 0 Å². The molecule has 0 saturated carbocycles. The van der Waals surface area contributed by atoms with Crippen molar-refractivity contribution in [2.24, 2.45) is 5.73 Å². The van der Waals surface area contributed by atoms with Crippen molar-refractivity contribution < 1.29 is 0 Å². The molecule has 5 nitrogen and oxygen atoms in total. The smallest absolute Gasteiger partial charge is 0.148 e. The molecule has 0 bridgehead atoms. The predicted molar refractivity (Wildman–Crippen MR) is 73.7 cm³/mol. The van der Waals surface area contributed by atoms with E-state index in [-0.39, 0.29) is 0 Å². The SMILES string of the molecule is CN1CCC(c2ccc(NCCCN)nn2)CC1. The van der Waals surface area contributed by atoms with Gasteiger partial charge in [-0.25, -0.2) is 0 Å². The Hall–Kier alpha value is -1.20. The monoisotopic (exact) mass is 249 g/mol. The van der Waals surface area contributed by atoms with Gasteiger partial charge in [-0.2, -0.15) is 5.10 Å². The van der Waals surface area contributed by atoms with Crippen molar-refractivity contribution in [2.75, 3.05) is 38.5 Å². The van der Waals surface area contributed by atoms with Crippen LogP contribution in [0.2, 0.25) is 0 Å². The third-order valence-corrected chi connectivity index (χ3v) is 3.51. The number of nitrogens with one attached hydrogen (secondary N) is 1. The first-order chi connectivity index (χ1) is 8.79. The zero-order valence-electron chi connectivity index (χ0n) is 11.1. The van der Waals surface area contributed by atoms with Gasteiger partial charge in [0.1, 0.15) is 5.82 Å². The number of piperidine rings is 1. The molecule has 0 radical (unpaired) electrons. The van der Waals surface area contributed by atoms with E-state index in [2.05, 4.69) is 33.5 Å². The van der Waals surface area contributed by atoms with E-state index in [1.807, 2.05) is 6.07 Å². The second kappa shape index (κ2) is 6.66. The molecule has 2 heterocycles. The van der Waals surface area contributed by atoms with Gasteiger partial charge < -0.3 is 16.0 Å². The molecule has 0 aromatic carbocycles. The molecule has 100 valence electrons. The minimum Gasteiger partial charge on any atom is -0.369 e. The molecule has 5 heteroatoms. The van der Waals surface area contributed by atoms with Crippen LogP contribution >= 0.6 is 0 Å². The van der Waals surface area contributed by atoms with Gasteiger partial charge in [0.15, 0.2) is 0 Å². The summed E-state index contributed by atoms with van der Waals surface area (Å²) in [6.45, 7) is 3.87. The maximum absolute atomic E-state index is 5.45. The highest BCUT2D eigenvalue weighted by Gasteiger charge is 2.19. The second-order valence-electron chi connectivity index (χ2n) is 4.99. The van der Waals surface area contributed by atoms with Gasteiger partial charge >= 0.3 is 0 Å². The Morgan fingerprint density at radius 2 is 2.11 bits per heavy atom. The molecule has 0 atom stereocenters. The zero-order valence-corrected chi connectivity index (χ0v) is 11.1. The highest BCUT2D eigenvalue weighted by Crippen LogP contribution is 2.25. The summed E-state index contributed by atoms with van der Waals surface area (Å²) in [5.41, 5.74) is 6.58. The van der Waals surface area contributed by atoms with E-state index in [9.17, 15) is 0 Å². The Kier molecular flexibility index (Phi) is 4.90. The van der Waals surface area contributed by atoms with Crippen LogP contribution in [-0.2, 0) is 0 Å². The van der Waals surface area contributed by atoms with Crippen LogP contribution in [0.1, 0.15) is 30.9 Å². The predicted octanol–water partition coefficient (Wildman–Crippen LogP) is 1.05.